The number of ether oxygens (including phenoxy) is 1. The van der Waals surface area contributed by atoms with Crippen molar-refractivity contribution in [2.75, 3.05) is 20.2 Å². The molecule has 166 valence electrons. The number of likely N-dealkylation sites (tertiary alicyclic amines) is 1. The topological polar surface area (TPSA) is 49.8 Å². The molecule has 1 N–H and O–H groups in total. The van der Waals surface area contributed by atoms with Crippen LogP contribution in [-0.4, -0.2) is 36.2 Å². The predicted molar refractivity (Wildman–Crippen MR) is 123 cm³/mol. The summed E-state index contributed by atoms with van der Waals surface area (Å²) in [5.74, 6) is -0.291. The lowest BCUT2D eigenvalue weighted by Gasteiger charge is -2.40. The van der Waals surface area contributed by atoms with Gasteiger partial charge >= 0.3 is 5.97 Å². The van der Waals surface area contributed by atoms with Gasteiger partial charge in [0.25, 0.3) is 0 Å². The van der Waals surface area contributed by atoms with Crippen LogP contribution in [0, 0.1) is 11.2 Å². The van der Waals surface area contributed by atoms with Crippen molar-refractivity contribution in [1.29, 1.82) is 0 Å². The normalized spacial score (nSPS) is 18.9. The van der Waals surface area contributed by atoms with E-state index in [9.17, 15) is 14.3 Å². The van der Waals surface area contributed by atoms with Crippen LogP contribution in [0.4, 0.5) is 4.39 Å². The number of carboxylic acid groups (broad SMARTS) is 1. The van der Waals surface area contributed by atoms with Crippen LogP contribution in [0.1, 0.15) is 24.0 Å². The third-order valence-electron chi connectivity index (χ3n) is 6.40. The molecule has 32 heavy (non-hydrogen) atoms. The molecule has 1 aliphatic heterocycles. The number of hydrogen-bond donors (Lipinski definition) is 1. The lowest BCUT2D eigenvalue weighted by Crippen LogP contribution is -2.48. The van der Waals surface area contributed by atoms with Crippen LogP contribution in [0.2, 0.25) is 0 Å². The molecule has 0 aromatic heterocycles. The Kier molecular flexibility index (Phi) is 6.56. The zero-order chi connectivity index (χ0) is 22.6. The molecule has 0 amide bonds. The highest BCUT2D eigenvalue weighted by Gasteiger charge is 2.43. The summed E-state index contributed by atoms with van der Waals surface area (Å²) in [7, 11) is 1.64. The van der Waals surface area contributed by atoms with E-state index in [1.807, 2.05) is 54.6 Å². The van der Waals surface area contributed by atoms with E-state index in [2.05, 4.69) is 4.90 Å². The first kappa shape index (κ1) is 22.0. The fourth-order valence-electron chi connectivity index (χ4n) is 4.79. The number of halogens is 1. The maximum atomic E-state index is 14.2. The van der Waals surface area contributed by atoms with Crippen molar-refractivity contribution in [3.63, 3.8) is 0 Å². The molecule has 4 nitrogen and oxygen atoms in total. The summed E-state index contributed by atoms with van der Waals surface area (Å²) < 4.78 is 19.8. The predicted octanol–water partition coefficient (Wildman–Crippen LogP) is 5.41. The second-order valence-electron chi connectivity index (χ2n) is 8.53. The molecule has 1 atom stereocenters. The Hall–Kier alpha value is -3.18. The molecule has 1 aliphatic rings. The molecule has 0 bridgehead atoms. The van der Waals surface area contributed by atoms with E-state index in [4.69, 9.17) is 4.74 Å². The number of carbonyl (C=O) groups is 1. The van der Waals surface area contributed by atoms with Gasteiger partial charge in [0.05, 0.1) is 12.5 Å². The van der Waals surface area contributed by atoms with Crippen molar-refractivity contribution in [2.24, 2.45) is 5.41 Å². The molecule has 3 aromatic rings. The first-order valence-electron chi connectivity index (χ1n) is 10.9. The summed E-state index contributed by atoms with van der Waals surface area (Å²) >= 11 is 0. The highest BCUT2D eigenvalue weighted by Crippen LogP contribution is 2.39. The fraction of sp³-hybridized carbons (Fsp3) is 0.296. The van der Waals surface area contributed by atoms with Crippen LogP contribution >= 0.6 is 0 Å². The van der Waals surface area contributed by atoms with E-state index in [1.54, 1.807) is 19.2 Å². The maximum absolute atomic E-state index is 14.2. The van der Waals surface area contributed by atoms with Crippen LogP contribution < -0.4 is 4.74 Å². The quantitative estimate of drug-likeness (QED) is 0.541. The number of para-hydroxylation sites is 1. The van der Waals surface area contributed by atoms with Gasteiger partial charge in [-0.3, -0.25) is 9.69 Å². The van der Waals surface area contributed by atoms with Crippen LogP contribution in [0.25, 0.3) is 11.1 Å². The van der Waals surface area contributed by atoms with Gasteiger partial charge in [-0.1, -0.05) is 60.7 Å². The Bertz CT molecular complexity index is 1100. The minimum atomic E-state index is -0.929. The summed E-state index contributed by atoms with van der Waals surface area (Å²) in [5, 5.41) is 10.3. The molecule has 5 heteroatoms. The second-order valence-corrected chi connectivity index (χ2v) is 8.53. The van der Waals surface area contributed by atoms with Gasteiger partial charge in [-0.25, -0.2) is 4.39 Å². The maximum Gasteiger partial charge on any atom is 0.311 e. The Morgan fingerprint density at radius 3 is 2.38 bits per heavy atom. The van der Waals surface area contributed by atoms with Gasteiger partial charge in [-0.15, -0.1) is 0 Å². The Morgan fingerprint density at radius 1 is 1.00 bits per heavy atom. The highest BCUT2D eigenvalue weighted by molar-refractivity contribution is 5.78. The molecule has 3 aromatic carbocycles. The van der Waals surface area contributed by atoms with E-state index >= 15 is 0 Å². The van der Waals surface area contributed by atoms with Crippen LogP contribution in [-0.2, 0) is 17.8 Å². The van der Waals surface area contributed by atoms with Crippen molar-refractivity contribution in [2.45, 2.75) is 25.8 Å². The van der Waals surface area contributed by atoms with Crippen LogP contribution in [0.15, 0.2) is 72.8 Å². The van der Waals surface area contributed by atoms with Gasteiger partial charge < -0.3 is 9.84 Å². The van der Waals surface area contributed by atoms with E-state index in [-0.39, 0.29) is 5.82 Å². The third-order valence-corrected chi connectivity index (χ3v) is 6.40. The van der Waals surface area contributed by atoms with Gasteiger partial charge in [0.2, 0.25) is 0 Å². The smallest absolute Gasteiger partial charge is 0.311 e. The van der Waals surface area contributed by atoms with Gasteiger partial charge in [0.15, 0.2) is 0 Å². The molecule has 1 fully saturated rings. The molecule has 0 aliphatic carbocycles. The van der Waals surface area contributed by atoms with Gasteiger partial charge in [-0.2, -0.15) is 0 Å². The zero-order valence-electron chi connectivity index (χ0n) is 18.3. The average Bonchev–Trinajstić information content (AvgIpc) is 2.81. The fourth-order valence-corrected chi connectivity index (χ4v) is 4.79. The molecule has 0 saturated carbocycles. The Labute approximate surface area is 188 Å². The number of rotatable bonds is 7. The number of hydrogen-bond acceptors (Lipinski definition) is 3. The van der Waals surface area contributed by atoms with Crippen LogP contribution in [0.3, 0.4) is 0 Å². The first-order chi connectivity index (χ1) is 15.5. The minimum Gasteiger partial charge on any atom is -0.496 e. The van der Waals surface area contributed by atoms with Crippen molar-refractivity contribution in [1.82, 2.24) is 4.90 Å². The minimum absolute atomic E-state index is 0.250. The van der Waals surface area contributed by atoms with E-state index in [1.165, 1.54) is 6.07 Å². The number of benzene rings is 3. The lowest BCUT2D eigenvalue weighted by molar-refractivity contribution is -0.152. The third kappa shape index (κ3) is 4.53. The summed E-state index contributed by atoms with van der Waals surface area (Å²) in [6, 6.07) is 22.4. The lowest BCUT2D eigenvalue weighted by atomic mass is 9.74. The summed E-state index contributed by atoms with van der Waals surface area (Å²) in [6.07, 6.45) is 1.76. The van der Waals surface area contributed by atoms with E-state index in [0.29, 0.717) is 31.5 Å². The molecule has 0 radical (unpaired) electrons. The standard InChI is InChI=1S/C27H28FNO3/c1-32-25-14-7-5-12-23(25)22-11-4-2-9-20(22)17-27(26(30)31)15-8-16-29(19-27)18-21-10-3-6-13-24(21)28/h2-7,9-14H,8,15-19H2,1H3,(H,30,31)/t27-/m0/s1. The Balaban J connectivity index is 1.64. The largest absolute Gasteiger partial charge is 0.496 e. The molecule has 0 unspecified atom stereocenters. The van der Waals surface area contributed by atoms with Gasteiger partial charge in [0.1, 0.15) is 11.6 Å². The van der Waals surface area contributed by atoms with Gasteiger partial charge in [-0.05, 0) is 49.1 Å². The summed E-state index contributed by atoms with van der Waals surface area (Å²) in [6.45, 7) is 1.56. The zero-order valence-corrected chi connectivity index (χ0v) is 18.3. The highest BCUT2D eigenvalue weighted by atomic mass is 19.1. The Morgan fingerprint density at radius 2 is 1.66 bits per heavy atom. The molecule has 1 heterocycles. The second kappa shape index (κ2) is 9.53. The monoisotopic (exact) mass is 433 g/mol. The number of methoxy groups -OCH3 is 1. The first-order valence-corrected chi connectivity index (χ1v) is 10.9. The molecule has 1 saturated heterocycles. The SMILES string of the molecule is COc1ccccc1-c1ccccc1C[C@@]1(C(=O)O)CCCN(Cc2ccccc2F)C1. The number of aliphatic carboxylic acids is 1. The number of piperidine rings is 1. The number of carboxylic acids is 1. The average molecular weight is 434 g/mol. The molecule has 0 spiro atoms. The van der Waals surface area contributed by atoms with Gasteiger partial charge in [0, 0.05) is 24.2 Å². The van der Waals surface area contributed by atoms with Crippen molar-refractivity contribution >= 4 is 5.97 Å². The van der Waals surface area contributed by atoms with Crippen molar-refractivity contribution in [3.05, 3.63) is 89.7 Å². The van der Waals surface area contributed by atoms with E-state index < -0.39 is 11.4 Å². The summed E-state index contributed by atoms with van der Waals surface area (Å²) in [5.41, 5.74) is 2.58. The van der Waals surface area contributed by atoms with Crippen molar-refractivity contribution in [3.8, 4) is 16.9 Å². The number of nitrogens with zero attached hydrogens (tertiary/aromatic N) is 1. The molecular weight excluding hydrogens is 405 g/mol. The van der Waals surface area contributed by atoms with Crippen LogP contribution in [0.5, 0.6) is 5.75 Å². The van der Waals surface area contributed by atoms with Crippen molar-refractivity contribution < 1.29 is 19.0 Å². The molecular formula is C27H28FNO3. The molecule has 4 rings (SSSR count). The summed E-state index contributed by atoms with van der Waals surface area (Å²) in [4.78, 5) is 14.7. The van der Waals surface area contributed by atoms with E-state index in [0.717, 1.165) is 35.4 Å².